The lowest BCUT2D eigenvalue weighted by Crippen LogP contribution is -2.48. The summed E-state index contributed by atoms with van der Waals surface area (Å²) in [7, 11) is 1.34. The second-order valence-corrected chi connectivity index (χ2v) is 8.28. The third-order valence-corrected chi connectivity index (χ3v) is 5.69. The molecule has 0 aliphatic carbocycles. The molecule has 7 heteroatoms. The summed E-state index contributed by atoms with van der Waals surface area (Å²) in [5, 5.41) is 2.86. The number of benzene rings is 1. The van der Waals surface area contributed by atoms with Gasteiger partial charge in [0.05, 0.1) is 37.1 Å². The molecule has 2 heterocycles. The third kappa shape index (κ3) is 6.26. The summed E-state index contributed by atoms with van der Waals surface area (Å²) in [4.78, 5) is 29.1. The zero-order valence-electron chi connectivity index (χ0n) is 17.7. The van der Waals surface area contributed by atoms with E-state index in [4.69, 9.17) is 9.47 Å². The first-order valence-corrected chi connectivity index (χ1v) is 10.5. The van der Waals surface area contributed by atoms with E-state index in [1.165, 1.54) is 7.11 Å². The number of nitrogens with zero attached hydrogens (tertiary/aromatic N) is 2. The molecule has 2 saturated heterocycles. The molecule has 0 spiro atoms. The first kappa shape index (κ1) is 21.7. The van der Waals surface area contributed by atoms with Crippen molar-refractivity contribution < 1.29 is 19.1 Å². The largest absolute Gasteiger partial charge is 0.465 e. The summed E-state index contributed by atoms with van der Waals surface area (Å²) in [5.74, 6) is 0.121. The van der Waals surface area contributed by atoms with Crippen LogP contribution >= 0.6 is 0 Å². The van der Waals surface area contributed by atoms with Crippen molar-refractivity contribution in [3.63, 3.8) is 0 Å². The van der Waals surface area contributed by atoms with Gasteiger partial charge in [-0.1, -0.05) is 12.1 Å². The summed E-state index contributed by atoms with van der Waals surface area (Å²) in [5.41, 5.74) is 0.866. The van der Waals surface area contributed by atoms with E-state index in [-0.39, 0.29) is 5.91 Å². The Labute approximate surface area is 173 Å². The predicted octanol–water partition coefficient (Wildman–Crippen LogP) is 2.23. The highest BCUT2D eigenvalue weighted by Crippen LogP contribution is 2.21. The lowest BCUT2D eigenvalue weighted by molar-refractivity contribution is -0.117. The molecule has 29 heavy (non-hydrogen) atoms. The first-order chi connectivity index (χ1) is 13.9. The Morgan fingerprint density at radius 3 is 2.41 bits per heavy atom. The van der Waals surface area contributed by atoms with Crippen LogP contribution in [-0.2, 0) is 14.3 Å². The fraction of sp³-hybridized carbons (Fsp3) is 0.636. The average molecular weight is 404 g/mol. The van der Waals surface area contributed by atoms with E-state index < -0.39 is 5.97 Å². The normalized spacial score (nSPS) is 24.2. The van der Waals surface area contributed by atoms with Gasteiger partial charge < -0.3 is 14.8 Å². The molecule has 3 rings (SSSR count). The molecule has 2 atom stereocenters. The molecule has 0 aromatic heterocycles. The van der Waals surface area contributed by atoms with Gasteiger partial charge in [0.25, 0.3) is 0 Å². The lowest BCUT2D eigenvalue weighted by Gasteiger charge is -2.39. The molecule has 1 aromatic carbocycles. The molecule has 0 bridgehead atoms. The van der Waals surface area contributed by atoms with Gasteiger partial charge in [-0.15, -0.1) is 0 Å². The fourth-order valence-electron chi connectivity index (χ4n) is 4.40. The number of anilines is 1. The van der Waals surface area contributed by atoms with Gasteiger partial charge in [0.15, 0.2) is 0 Å². The first-order valence-electron chi connectivity index (χ1n) is 10.5. The van der Waals surface area contributed by atoms with Crippen LogP contribution < -0.4 is 5.32 Å². The van der Waals surface area contributed by atoms with Crippen LogP contribution in [0.1, 0.15) is 37.0 Å². The van der Waals surface area contributed by atoms with Gasteiger partial charge in [-0.2, -0.15) is 0 Å². The summed E-state index contributed by atoms with van der Waals surface area (Å²) in [6.07, 6.45) is 2.81. The highest BCUT2D eigenvalue weighted by Gasteiger charge is 2.27. The molecule has 0 saturated carbocycles. The van der Waals surface area contributed by atoms with Crippen molar-refractivity contribution in [2.75, 3.05) is 51.7 Å². The van der Waals surface area contributed by atoms with E-state index in [0.717, 1.165) is 45.6 Å². The number of amides is 1. The Hall–Kier alpha value is -1.96. The van der Waals surface area contributed by atoms with E-state index in [0.29, 0.717) is 35.9 Å². The number of piperidine rings is 1. The van der Waals surface area contributed by atoms with Crippen molar-refractivity contribution in [2.45, 2.75) is 38.9 Å². The molecule has 160 valence electrons. The topological polar surface area (TPSA) is 71.1 Å². The Morgan fingerprint density at radius 1 is 1.10 bits per heavy atom. The number of carbonyl (C=O) groups is 2. The standard InChI is InChI=1S/C22H33N3O4/c1-16-12-25(13-17(2)29-16)14-18-8-10-24(11-9-18)15-21(26)23-20-7-5-4-6-19(20)22(27)28-3/h4-7,16-18H,8-15H2,1-3H3,(H,23,26). The maximum atomic E-state index is 12.5. The molecule has 2 fully saturated rings. The van der Waals surface area contributed by atoms with E-state index in [9.17, 15) is 9.59 Å². The molecular weight excluding hydrogens is 370 g/mol. The summed E-state index contributed by atoms with van der Waals surface area (Å²) in [6.45, 7) is 9.60. The van der Waals surface area contributed by atoms with Crippen molar-refractivity contribution in [1.29, 1.82) is 0 Å². The number of likely N-dealkylation sites (tertiary alicyclic amines) is 1. The molecule has 1 N–H and O–H groups in total. The van der Waals surface area contributed by atoms with Gasteiger partial charge >= 0.3 is 5.97 Å². The number of hydrogen-bond acceptors (Lipinski definition) is 6. The lowest BCUT2D eigenvalue weighted by atomic mass is 9.95. The van der Waals surface area contributed by atoms with Crippen LogP contribution in [0.4, 0.5) is 5.69 Å². The molecule has 2 unspecified atom stereocenters. The fourth-order valence-corrected chi connectivity index (χ4v) is 4.40. The molecule has 2 aliphatic rings. The smallest absolute Gasteiger partial charge is 0.339 e. The molecule has 1 aromatic rings. The molecule has 0 radical (unpaired) electrons. The number of rotatable bonds is 6. The van der Waals surface area contributed by atoms with Crippen molar-refractivity contribution in [3.05, 3.63) is 29.8 Å². The highest BCUT2D eigenvalue weighted by atomic mass is 16.5. The average Bonchev–Trinajstić information content (AvgIpc) is 2.68. The zero-order valence-corrected chi connectivity index (χ0v) is 17.7. The van der Waals surface area contributed by atoms with Gasteiger partial charge in [0.1, 0.15) is 0 Å². The van der Waals surface area contributed by atoms with E-state index in [1.54, 1.807) is 24.3 Å². The Kier molecular flexibility index (Phi) is 7.64. The molecule has 2 aliphatic heterocycles. The Balaban J connectivity index is 1.44. The molecular formula is C22H33N3O4. The van der Waals surface area contributed by atoms with Gasteiger partial charge in [-0.3, -0.25) is 14.6 Å². The maximum absolute atomic E-state index is 12.5. The molecule has 1 amide bonds. The van der Waals surface area contributed by atoms with Crippen LogP contribution in [0.3, 0.4) is 0 Å². The summed E-state index contributed by atoms with van der Waals surface area (Å²) < 4.78 is 10.6. The van der Waals surface area contributed by atoms with Crippen LogP contribution in [0.2, 0.25) is 0 Å². The summed E-state index contributed by atoms with van der Waals surface area (Å²) >= 11 is 0. The molecule has 7 nitrogen and oxygen atoms in total. The zero-order chi connectivity index (χ0) is 20.8. The monoisotopic (exact) mass is 403 g/mol. The van der Waals surface area contributed by atoms with Crippen molar-refractivity contribution >= 4 is 17.6 Å². The second-order valence-electron chi connectivity index (χ2n) is 8.28. The van der Waals surface area contributed by atoms with Crippen LogP contribution in [0.15, 0.2) is 24.3 Å². The van der Waals surface area contributed by atoms with E-state index in [1.807, 2.05) is 0 Å². The number of morpholine rings is 1. The quantitative estimate of drug-likeness (QED) is 0.735. The van der Waals surface area contributed by atoms with Crippen LogP contribution in [0.5, 0.6) is 0 Å². The number of ether oxygens (including phenoxy) is 2. The number of hydrogen-bond donors (Lipinski definition) is 1. The van der Waals surface area contributed by atoms with Gasteiger partial charge in [-0.05, 0) is 57.8 Å². The Morgan fingerprint density at radius 2 is 1.76 bits per heavy atom. The second kappa shape index (κ2) is 10.2. The number of carbonyl (C=O) groups excluding carboxylic acids is 2. The van der Waals surface area contributed by atoms with Crippen LogP contribution in [-0.4, -0.2) is 80.3 Å². The van der Waals surface area contributed by atoms with Crippen molar-refractivity contribution in [1.82, 2.24) is 9.80 Å². The van der Waals surface area contributed by atoms with Crippen LogP contribution in [0, 0.1) is 5.92 Å². The number of nitrogens with one attached hydrogen (secondary N) is 1. The summed E-state index contributed by atoms with van der Waals surface area (Å²) in [6, 6.07) is 6.92. The van der Waals surface area contributed by atoms with E-state index >= 15 is 0 Å². The van der Waals surface area contributed by atoms with Gasteiger partial charge in [0, 0.05) is 19.6 Å². The number of methoxy groups -OCH3 is 1. The number of para-hydroxylation sites is 1. The van der Waals surface area contributed by atoms with Crippen molar-refractivity contribution in [2.24, 2.45) is 5.92 Å². The minimum atomic E-state index is -0.450. The minimum absolute atomic E-state index is 0.101. The van der Waals surface area contributed by atoms with E-state index in [2.05, 4.69) is 29.0 Å². The SMILES string of the molecule is COC(=O)c1ccccc1NC(=O)CN1CCC(CN2CC(C)OC(C)C2)CC1. The van der Waals surface area contributed by atoms with Gasteiger partial charge in [0.2, 0.25) is 5.91 Å². The minimum Gasteiger partial charge on any atom is -0.465 e. The predicted molar refractivity (Wildman–Crippen MR) is 112 cm³/mol. The van der Waals surface area contributed by atoms with Crippen molar-refractivity contribution in [3.8, 4) is 0 Å². The third-order valence-electron chi connectivity index (χ3n) is 5.69. The number of esters is 1. The Bertz CT molecular complexity index is 693. The van der Waals surface area contributed by atoms with Gasteiger partial charge in [-0.25, -0.2) is 4.79 Å². The highest BCUT2D eigenvalue weighted by molar-refractivity contribution is 6.01. The van der Waals surface area contributed by atoms with Crippen LogP contribution in [0.25, 0.3) is 0 Å². The maximum Gasteiger partial charge on any atom is 0.339 e.